The molecule has 1 saturated carbocycles. The lowest BCUT2D eigenvalue weighted by molar-refractivity contribution is -0.194. The van der Waals surface area contributed by atoms with E-state index >= 15 is 0 Å². The van der Waals surface area contributed by atoms with E-state index in [1.807, 2.05) is 30.3 Å². The molecular formula is C27H36O7. The highest BCUT2D eigenvalue weighted by molar-refractivity contribution is 5.72. The number of carbonyl (C=O) groups is 1. The predicted octanol–water partition coefficient (Wildman–Crippen LogP) is 4.40. The number of rotatable bonds is 9. The van der Waals surface area contributed by atoms with Crippen molar-refractivity contribution in [2.45, 2.75) is 82.3 Å². The Labute approximate surface area is 201 Å². The van der Waals surface area contributed by atoms with Crippen molar-refractivity contribution in [3.63, 3.8) is 0 Å². The fraction of sp³-hybridized carbons (Fsp3) is 0.667. The molecule has 186 valence electrons. The third-order valence-electron chi connectivity index (χ3n) is 7.19. The van der Waals surface area contributed by atoms with Gasteiger partial charge in [0.1, 0.15) is 24.6 Å². The summed E-state index contributed by atoms with van der Waals surface area (Å²) in [6, 6.07) is 9.75. The molecule has 0 N–H and O–H groups in total. The van der Waals surface area contributed by atoms with Crippen molar-refractivity contribution in [3.8, 4) is 5.75 Å². The van der Waals surface area contributed by atoms with Gasteiger partial charge in [-0.2, -0.15) is 0 Å². The second kappa shape index (κ2) is 11.7. The van der Waals surface area contributed by atoms with E-state index in [4.69, 9.17) is 28.4 Å². The Morgan fingerprint density at radius 3 is 2.50 bits per heavy atom. The first-order valence-corrected chi connectivity index (χ1v) is 12.8. The van der Waals surface area contributed by atoms with Crippen molar-refractivity contribution < 1.29 is 33.2 Å². The van der Waals surface area contributed by atoms with Gasteiger partial charge in [-0.25, -0.2) is 0 Å². The summed E-state index contributed by atoms with van der Waals surface area (Å²) in [7, 11) is 0. The molecule has 3 unspecified atom stereocenters. The highest BCUT2D eigenvalue weighted by Gasteiger charge is 2.50. The molecule has 5 rings (SSSR count). The summed E-state index contributed by atoms with van der Waals surface area (Å²) < 4.78 is 35.9. The topological polar surface area (TPSA) is 72.5 Å². The Morgan fingerprint density at radius 1 is 1.00 bits per heavy atom. The number of esters is 1. The van der Waals surface area contributed by atoms with E-state index in [0.717, 1.165) is 57.5 Å². The molecule has 7 heteroatoms. The van der Waals surface area contributed by atoms with Gasteiger partial charge in [0.15, 0.2) is 12.6 Å². The number of para-hydroxylation sites is 1. The fourth-order valence-corrected chi connectivity index (χ4v) is 5.42. The highest BCUT2D eigenvalue weighted by Crippen LogP contribution is 2.44. The largest absolute Gasteiger partial charge is 0.491 e. The van der Waals surface area contributed by atoms with Crippen LogP contribution in [0.2, 0.25) is 0 Å². The van der Waals surface area contributed by atoms with Crippen LogP contribution in [0, 0.1) is 11.8 Å². The molecule has 0 radical (unpaired) electrons. The quantitative estimate of drug-likeness (QED) is 0.390. The van der Waals surface area contributed by atoms with Crippen LogP contribution in [0.3, 0.4) is 0 Å². The van der Waals surface area contributed by atoms with Crippen LogP contribution in [0.15, 0.2) is 42.5 Å². The second-order valence-electron chi connectivity index (χ2n) is 9.66. The van der Waals surface area contributed by atoms with Gasteiger partial charge < -0.3 is 28.4 Å². The normalized spacial score (nSPS) is 34.6. The van der Waals surface area contributed by atoms with Gasteiger partial charge in [-0.05, 0) is 50.7 Å². The number of hydrogen-bond donors (Lipinski definition) is 0. The van der Waals surface area contributed by atoms with Crippen LogP contribution in [-0.4, -0.2) is 56.7 Å². The van der Waals surface area contributed by atoms with Gasteiger partial charge in [-0.1, -0.05) is 30.4 Å². The van der Waals surface area contributed by atoms with Crippen molar-refractivity contribution in [2.75, 3.05) is 19.8 Å². The number of hydrogen-bond acceptors (Lipinski definition) is 7. The van der Waals surface area contributed by atoms with Crippen LogP contribution in [0.4, 0.5) is 0 Å². The Bertz CT molecular complexity index is 800. The van der Waals surface area contributed by atoms with Gasteiger partial charge in [0, 0.05) is 31.5 Å². The third-order valence-corrected chi connectivity index (χ3v) is 7.19. The van der Waals surface area contributed by atoms with Gasteiger partial charge in [-0.15, -0.1) is 0 Å². The van der Waals surface area contributed by atoms with Gasteiger partial charge in [0.25, 0.3) is 0 Å². The monoisotopic (exact) mass is 472 g/mol. The third kappa shape index (κ3) is 6.19. The zero-order valence-electron chi connectivity index (χ0n) is 19.7. The lowest BCUT2D eigenvalue weighted by Crippen LogP contribution is -2.32. The maximum atomic E-state index is 12.0. The van der Waals surface area contributed by atoms with E-state index in [1.54, 1.807) is 0 Å². The SMILES string of the molecule is O=C1C[C@@H]2C(/C=C/[C@H](COc3ccccc3)OC3CCCCO3)[C@H](OC3CCCCO3)C[C@@H]2O1. The average Bonchev–Trinajstić information content (AvgIpc) is 3.38. The van der Waals surface area contributed by atoms with Crippen LogP contribution in [0.25, 0.3) is 0 Å². The molecule has 0 spiro atoms. The van der Waals surface area contributed by atoms with Gasteiger partial charge in [-0.3, -0.25) is 4.79 Å². The molecule has 3 heterocycles. The van der Waals surface area contributed by atoms with Crippen LogP contribution >= 0.6 is 0 Å². The Balaban J connectivity index is 1.27. The zero-order chi connectivity index (χ0) is 23.2. The second-order valence-corrected chi connectivity index (χ2v) is 9.66. The van der Waals surface area contributed by atoms with Crippen molar-refractivity contribution in [1.29, 1.82) is 0 Å². The van der Waals surface area contributed by atoms with E-state index in [2.05, 4.69) is 12.2 Å². The van der Waals surface area contributed by atoms with E-state index in [0.29, 0.717) is 19.4 Å². The summed E-state index contributed by atoms with van der Waals surface area (Å²) in [4.78, 5) is 12.0. The first-order chi connectivity index (χ1) is 16.7. The molecule has 4 fully saturated rings. The van der Waals surface area contributed by atoms with Crippen LogP contribution in [0.5, 0.6) is 5.75 Å². The van der Waals surface area contributed by atoms with Gasteiger partial charge in [0.05, 0.1) is 12.5 Å². The summed E-state index contributed by atoms with van der Waals surface area (Å²) >= 11 is 0. The first kappa shape index (κ1) is 23.8. The molecule has 1 aliphatic carbocycles. The first-order valence-electron chi connectivity index (χ1n) is 12.8. The molecule has 4 aliphatic rings. The molecule has 0 amide bonds. The predicted molar refractivity (Wildman–Crippen MR) is 124 cm³/mol. The number of ether oxygens (including phenoxy) is 6. The molecule has 3 saturated heterocycles. The van der Waals surface area contributed by atoms with E-state index in [-0.39, 0.29) is 48.7 Å². The molecule has 1 aromatic rings. The van der Waals surface area contributed by atoms with Crippen LogP contribution in [-0.2, 0) is 28.5 Å². The number of fused-ring (bicyclic) bond motifs is 1. The summed E-state index contributed by atoms with van der Waals surface area (Å²) in [6.45, 7) is 1.85. The molecule has 0 bridgehead atoms. The van der Waals surface area contributed by atoms with Crippen molar-refractivity contribution in [3.05, 3.63) is 42.5 Å². The molecule has 1 aromatic carbocycles. The van der Waals surface area contributed by atoms with Crippen molar-refractivity contribution in [2.24, 2.45) is 11.8 Å². The maximum Gasteiger partial charge on any atom is 0.306 e. The summed E-state index contributed by atoms with van der Waals surface area (Å²) in [6.07, 6.45) is 10.7. The number of carbonyl (C=O) groups excluding carboxylic acids is 1. The summed E-state index contributed by atoms with van der Waals surface area (Å²) in [5.41, 5.74) is 0. The minimum atomic E-state index is -0.271. The number of benzene rings is 1. The standard InChI is InChI=1S/C27H36O7/c28-25-16-22-21(23(17-24(22)33-25)34-27-11-5-7-15-30-27)13-12-20(32-26-10-4-6-14-29-26)18-31-19-8-2-1-3-9-19/h1-3,8-9,12-13,20-24,26-27H,4-7,10-11,14-18H2/b13-12+/t20-,21?,22-,23-,24+,26?,27?/m1/s1. The van der Waals surface area contributed by atoms with E-state index in [9.17, 15) is 4.79 Å². The molecule has 0 aromatic heterocycles. The Kier molecular flexibility index (Phi) is 8.17. The maximum absolute atomic E-state index is 12.0. The lowest BCUT2D eigenvalue weighted by Gasteiger charge is -2.29. The highest BCUT2D eigenvalue weighted by atomic mass is 16.7. The van der Waals surface area contributed by atoms with Gasteiger partial charge >= 0.3 is 5.97 Å². The summed E-state index contributed by atoms with van der Waals surface area (Å²) in [5, 5.41) is 0. The van der Waals surface area contributed by atoms with E-state index < -0.39 is 0 Å². The minimum absolute atomic E-state index is 0.0379. The van der Waals surface area contributed by atoms with Crippen molar-refractivity contribution >= 4 is 5.97 Å². The molecule has 3 aliphatic heterocycles. The van der Waals surface area contributed by atoms with Crippen LogP contribution in [0.1, 0.15) is 51.4 Å². The molecule has 34 heavy (non-hydrogen) atoms. The smallest absolute Gasteiger partial charge is 0.306 e. The minimum Gasteiger partial charge on any atom is -0.491 e. The average molecular weight is 473 g/mol. The molecular weight excluding hydrogens is 436 g/mol. The zero-order valence-corrected chi connectivity index (χ0v) is 19.7. The Morgan fingerprint density at radius 2 is 1.76 bits per heavy atom. The molecule has 7 atom stereocenters. The van der Waals surface area contributed by atoms with Crippen LogP contribution < -0.4 is 4.74 Å². The van der Waals surface area contributed by atoms with Crippen molar-refractivity contribution in [1.82, 2.24) is 0 Å². The summed E-state index contributed by atoms with van der Waals surface area (Å²) in [5.74, 6) is 0.882. The fourth-order valence-electron chi connectivity index (χ4n) is 5.42. The van der Waals surface area contributed by atoms with Gasteiger partial charge in [0.2, 0.25) is 0 Å². The lowest BCUT2D eigenvalue weighted by atomic mass is 9.91. The van der Waals surface area contributed by atoms with E-state index in [1.165, 1.54) is 0 Å². The molecule has 7 nitrogen and oxygen atoms in total. The Hall–Kier alpha value is -1.93.